The number of hydrogen-bond acceptors (Lipinski definition) is 4. The van der Waals surface area contributed by atoms with Crippen LogP contribution in [-0.2, 0) is 14.3 Å². The number of anilines is 1. The fourth-order valence-electron chi connectivity index (χ4n) is 3.68. The number of hydrogen-bond donors (Lipinski definition) is 0. The second-order valence-electron chi connectivity index (χ2n) is 6.75. The molecule has 132 valence electrons. The summed E-state index contributed by atoms with van der Waals surface area (Å²) < 4.78 is 24.2. The van der Waals surface area contributed by atoms with E-state index in [4.69, 9.17) is 9.47 Å². The number of rotatable bonds is 4. The van der Waals surface area contributed by atoms with Crippen molar-refractivity contribution in [1.82, 2.24) is 4.90 Å². The Bertz CT molecular complexity index is 570. The van der Waals surface area contributed by atoms with Gasteiger partial charge in [0.15, 0.2) is 0 Å². The van der Waals surface area contributed by atoms with Crippen LogP contribution >= 0.6 is 0 Å². The number of carbonyl (C=O) groups is 1. The SMILES string of the molecule is COCC(=O)N1CCC2(CC1)C[C@@H](N(C)c1ccc(F)cc1)CO2. The van der Waals surface area contributed by atoms with Crippen LogP contribution in [0.15, 0.2) is 24.3 Å². The Morgan fingerprint density at radius 3 is 2.67 bits per heavy atom. The first kappa shape index (κ1) is 17.2. The second-order valence-corrected chi connectivity index (χ2v) is 6.75. The van der Waals surface area contributed by atoms with Crippen LogP contribution in [0.4, 0.5) is 10.1 Å². The summed E-state index contributed by atoms with van der Waals surface area (Å²) in [7, 11) is 3.57. The summed E-state index contributed by atoms with van der Waals surface area (Å²) in [6.07, 6.45) is 2.65. The third-order valence-corrected chi connectivity index (χ3v) is 5.27. The molecule has 1 aromatic carbocycles. The molecule has 0 aromatic heterocycles. The summed E-state index contributed by atoms with van der Waals surface area (Å²) in [5, 5.41) is 0. The molecule has 2 aliphatic rings. The maximum atomic E-state index is 13.1. The van der Waals surface area contributed by atoms with Gasteiger partial charge in [-0.15, -0.1) is 0 Å². The number of ether oxygens (including phenoxy) is 2. The van der Waals surface area contributed by atoms with Gasteiger partial charge in [0, 0.05) is 32.9 Å². The highest BCUT2D eigenvalue weighted by atomic mass is 19.1. The summed E-state index contributed by atoms with van der Waals surface area (Å²) in [4.78, 5) is 15.9. The summed E-state index contributed by atoms with van der Waals surface area (Å²) in [5.41, 5.74) is 0.859. The number of likely N-dealkylation sites (tertiary alicyclic amines) is 1. The number of likely N-dealkylation sites (N-methyl/N-ethyl adjacent to an activating group) is 1. The van der Waals surface area contributed by atoms with Crippen LogP contribution in [0.3, 0.4) is 0 Å². The molecule has 1 spiro atoms. The van der Waals surface area contributed by atoms with E-state index < -0.39 is 0 Å². The van der Waals surface area contributed by atoms with Crippen molar-refractivity contribution in [2.45, 2.75) is 30.9 Å². The first-order chi connectivity index (χ1) is 11.5. The molecule has 0 bridgehead atoms. The summed E-state index contributed by atoms with van der Waals surface area (Å²) >= 11 is 0. The van der Waals surface area contributed by atoms with Crippen LogP contribution in [0.1, 0.15) is 19.3 Å². The lowest BCUT2D eigenvalue weighted by Gasteiger charge is -2.39. The molecule has 0 unspecified atom stereocenters. The van der Waals surface area contributed by atoms with Crippen LogP contribution in [0.5, 0.6) is 0 Å². The van der Waals surface area contributed by atoms with Crippen LogP contribution in [0, 0.1) is 5.82 Å². The highest BCUT2D eigenvalue weighted by Crippen LogP contribution is 2.38. The van der Waals surface area contributed by atoms with Gasteiger partial charge in [0.1, 0.15) is 12.4 Å². The Morgan fingerprint density at radius 1 is 1.38 bits per heavy atom. The Balaban J connectivity index is 1.57. The summed E-state index contributed by atoms with van der Waals surface area (Å²) in [6, 6.07) is 6.84. The molecule has 0 radical (unpaired) electrons. The summed E-state index contributed by atoms with van der Waals surface area (Å²) in [6.45, 7) is 2.24. The molecule has 6 heteroatoms. The van der Waals surface area contributed by atoms with Gasteiger partial charge in [0.05, 0.1) is 18.2 Å². The maximum absolute atomic E-state index is 13.1. The molecule has 1 amide bonds. The van der Waals surface area contributed by atoms with Gasteiger partial charge in [-0.25, -0.2) is 4.39 Å². The lowest BCUT2D eigenvalue weighted by Crippen LogP contribution is -2.47. The highest BCUT2D eigenvalue weighted by molar-refractivity contribution is 5.77. The van der Waals surface area contributed by atoms with Crippen molar-refractivity contribution in [3.63, 3.8) is 0 Å². The van der Waals surface area contributed by atoms with Crippen molar-refractivity contribution >= 4 is 11.6 Å². The molecule has 2 aliphatic heterocycles. The molecular formula is C18H25FN2O3. The van der Waals surface area contributed by atoms with Gasteiger partial charge >= 0.3 is 0 Å². The van der Waals surface area contributed by atoms with Crippen LogP contribution in [-0.4, -0.2) is 62.9 Å². The number of amides is 1. The normalized spacial score (nSPS) is 22.8. The van der Waals surface area contributed by atoms with Gasteiger partial charge < -0.3 is 19.3 Å². The smallest absolute Gasteiger partial charge is 0.248 e. The van der Waals surface area contributed by atoms with E-state index in [0.29, 0.717) is 6.61 Å². The summed E-state index contributed by atoms with van der Waals surface area (Å²) in [5.74, 6) is -0.176. The third-order valence-electron chi connectivity index (χ3n) is 5.27. The van der Waals surface area contributed by atoms with Gasteiger partial charge in [-0.2, -0.15) is 0 Å². The lowest BCUT2D eigenvalue weighted by molar-refractivity contribution is -0.139. The molecule has 2 fully saturated rings. The van der Waals surface area contributed by atoms with Crippen LogP contribution in [0.25, 0.3) is 0 Å². The van der Waals surface area contributed by atoms with Crippen molar-refractivity contribution in [3.05, 3.63) is 30.1 Å². The zero-order valence-electron chi connectivity index (χ0n) is 14.3. The Hall–Kier alpha value is -1.66. The first-order valence-electron chi connectivity index (χ1n) is 8.42. The van der Waals surface area contributed by atoms with Gasteiger partial charge in [-0.05, 0) is 43.5 Å². The molecule has 0 N–H and O–H groups in total. The Labute approximate surface area is 142 Å². The average molecular weight is 336 g/mol. The molecule has 0 saturated carbocycles. The van der Waals surface area contributed by atoms with E-state index in [1.54, 1.807) is 19.2 Å². The predicted octanol–water partition coefficient (Wildman–Crippen LogP) is 2.06. The quantitative estimate of drug-likeness (QED) is 0.844. The highest BCUT2D eigenvalue weighted by Gasteiger charge is 2.44. The molecule has 2 saturated heterocycles. The topological polar surface area (TPSA) is 42.0 Å². The molecule has 3 rings (SSSR count). The molecule has 1 atom stereocenters. The Kier molecular flexibility index (Phi) is 5.06. The molecule has 0 aliphatic carbocycles. The van der Waals surface area contributed by atoms with Gasteiger partial charge in [0.2, 0.25) is 5.91 Å². The van der Waals surface area contributed by atoms with E-state index in [2.05, 4.69) is 4.90 Å². The molecule has 5 nitrogen and oxygen atoms in total. The van der Waals surface area contributed by atoms with E-state index >= 15 is 0 Å². The van der Waals surface area contributed by atoms with E-state index in [1.807, 2.05) is 11.9 Å². The van der Waals surface area contributed by atoms with Crippen molar-refractivity contribution in [1.29, 1.82) is 0 Å². The molecule has 2 heterocycles. The van der Waals surface area contributed by atoms with Crippen molar-refractivity contribution < 1.29 is 18.7 Å². The lowest BCUT2D eigenvalue weighted by atomic mass is 9.87. The number of nitrogens with zero attached hydrogens (tertiary/aromatic N) is 2. The van der Waals surface area contributed by atoms with Crippen LogP contribution in [0.2, 0.25) is 0 Å². The van der Waals surface area contributed by atoms with Gasteiger partial charge in [0.25, 0.3) is 0 Å². The van der Waals surface area contributed by atoms with E-state index in [9.17, 15) is 9.18 Å². The number of benzene rings is 1. The van der Waals surface area contributed by atoms with Crippen LogP contribution < -0.4 is 4.90 Å². The van der Waals surface area contributed by atoms with E-state index in [1.165, 1.54) is 12.1 Å². The van der Waals surface area contributed by atoms with Crippen molar-refractivity contribution in [2.24, 2.45) is 0 Å². The predicted molar refractivity (Wildman–Crippen MR) is 89.6 cm³/mol. The molecule has 24 heavy (non-hydrogen) atoms. The molecular weight excluding hydrogens is 311 g/mol. The minimum atomic E-state index is -0.223. The van der Waals surface area contributed by atoms with E-state index in [0.717, 1.165) is 38.0 Å². The number of methoxy groups -OCH3 is 1. The fraction of sp³-hybridized carbons (Fsp3) is 0.611. The minimum Gasteiger partial charge on any atom is -0.375 e. The van der Waals surface area contributed by atoms with E-state index in [-0.39, 0.29) is 30.0 Å². The number of piperidine rings is 1. The zero-order chi connectivity index (χ0) is 17.2. The number of halogens is 1. The van der Waals surface area contributed by atoms with Crippen molar-refractivity contribution in [3.8, 4) is 0 Å². The Morgan fingerprint density at radius 2 is 2.04 bits per heavy atom. The number of carbonyl (C=O) groups excluding carboxylic acids is 1. The fourth-order valence-corrected chi connectivity index (χ4v) is 3.68. The first-order valence-corrected chi connectivity index (χ1v) is 8.42. The monoisotopic (exact) mass is 336 g/mol. The zero-order valence-corrected chi connectivity index (χ0v) is 14.3. The van der Waals surface area contributed by atoms with Gasteiger partial charge in [-0.1, -0.05) is 0 Å². The average Bonchev–Trinajstić information content (AvgIpc) is 2.99. The second kappa shape index (κ2) is 7.07. The molecule has 1 aromatic rings. The van der Waals surface area contributed by atoms with Crippen molar-refractivity contribution in [2.75, 3.05) is 45.4 Å². The minimum absolute atomic E-state index is 0.0466. The van der Waals surface area contributed by atoms with Gasteiger partial charge in [-0.3, -0.25) is 4.79 Å². The largest absolute Gasteiger partial charge is 0.375 e. The third kappa shape index (κ3) is 3.54. The maximum Gasteiger partial charge on any atom is 0.248 e. The standard InChI is InChI=1S/C18H25FN2O3/c1-20(15-5-3-14(19)4-6-15)16-11-18(24-12-16)7-9-21(10-8-18)17(22)13-23-2/h3-6,16H,7-13H2,1-2H3/t16-/m1/s1.